The Bertz CT molecular complexity index is 549. The number of amides is 3. The van der Waals surface area contributed by atoms with Crippen LogP contribution in [0.3, 0.4) is 0 Å². The molecular formula is C16H30N4O6S2. The first-order valence-corrected chi connectivity index (χ1v) is 10.7. The Hall–Kier alpha value is -1.50. The molecule has 0 fully saturated rings. The molecule has 4 atom stereocenters. The molecule has 3 amide bonds. The van der Waals surface area contributed by atoms with E-state index in [4.69, 9.17) is 10.8 Å². The van der Waals surface area contributed by atoms with Crippen LogP contribution in [0.25, 0.3) is 0 Å². The van der Waals surface area contributed by atoms with Gasteiger partial charge in [0.15, 0.2) is 0 Å². The zero-order valence-corrected chi connectivity index (χ0v) is 17.9. The summed E-state index contributed by atoms with van der Waals surface area (Å²) in [5, 5.41) is 25.4. The van der Waals surface area contributed by atoms with Crippen LogP contribution < -0.4 is 21.7 Å². The van der Waals surface area contributed by atoms with Gasteiger partial charge in [0.05, 0.1) is 12.6 Å². The van der Waals surface area contributed by atoms with Crippen LogP contribution in [0, 0.1) is 5.92 Å². The van der Waals surface area contributed by atoms with Gasteiger partial charge in [-0.2, -0.15) is 24.4 Å². The maximum absolute atomic E-state index is 12.5. The lowest BCUT2D eigenvalue weighted by Crippen LogP contribution is -2.59. The third-order valence-electron chi connectivity index (χ3n) is 3.83. The molecule has 0 aliphatic rings. The van der Waals surface area contributed by atoms with E-state index in [0.717, 1.165) is 0 Å². The van der Waals surface area contributed by atoms with Crippen molar-refractivity contribution in [3.63, 3.8) is 0 Å². The smallest absolute Gasteiger partial charge is 0.327 e. The lowest BCUT2D eigenvalue weighted by Gasteiger charge is -2.26. The first-order valence-electron chi connectivity index (χ1n) is 8.69. The zero-order valence-electron chi connectivity index (χ0n) is 16.2. The van der Waals surface area contributed by atoms with Gasteiger partial charge in [-0.05, 0) is 24.3 Å². The monoisotopic (exact) mass is 438 g/mol. The van der Waals surface area contributed by atoms with Gasteiger partial charge in [0.2, 0.25) is 17.7 Å². The van der Waals surface area contributed by atoms with Crippen LogP contribution >= 0.6 is 24.4 Å². The molecule has 0 aromatic rings. The van der Waals surface area contributed by atoms with E-state index in [1.807, 2.05) is 6.26 Å². The molecule has 0 heterocycles. The van der Waals surface area contributed by atoms with Gasteiger partial charge in [-0.25, -0.2) is 4.79 Å². The molecule has 0 aliphatic carbocycles. The van der Waals surface area contributed by atoms with Crippen LogP contribution in [0.2, 0.25) is 0 Å². The number of carbonyl (C=O) groups excluding carboxylic acids is 3. The van der Waals surface area contributed by atoms with Crippen molar-refractivity contribution >= 4 is 48.1 Å². The van der Waals surface area contributed by atoms with E-state index in [2.05, 4.69) is 28.6 Å². The number of hydrogen-bond donors (Lipinski definition) is 7. The number of thiol groups is 1. The van der Waals surface area contributed by atoms with E-state index in [1.54, 1.807) is 25.6 Å². The molecule has 0 aromatic heterocycles. The maximum atomic E-state index is 12.5. The molecule has 0 aliphatic heterocycles. The molecule has 0 saturated carbocycles. The predicted molar refractivity (Wildman–Crippen MR) is 110 cm³/mol. The minimum absolute atomic E-state index is 0.161. The molecule has 4 unspecified atom stereocenters. The summed E-state index contributed by atoms with van der Waals surface area (Å²) >= 11 is 5.37. The number of carbonyl (C=O) groups is 4. The normalized spacial score (nSPS) is 15.2. The summed E-state index contributed by atoms with van der Waals surface area (Å²) in [7, 11) is 0. The predicted octanol–water partition coefficient (Wildman–Crippen LogP) is -1.82. The Morgan fingerprint density at radius 3 is 2.04 bits per heavy atom. The van der Waals surface area contributed by atoms with Gasteiger partial charge in [0.25, 0.3) is 0 Å². The molecule has 7 N–H and O–H groups in total. The van der Waals surface area contributed by atoms with Gasteiger partial charge in [0.1, 0.15) is 18.1 Å². The first kappa shape index (κ1) is 26.5. The van der Waals surface area contributed by atoms with Crippen LogP contribution in [-0.4, -0.2) is 82.4 Å². The highest BCUT2D eigenvalue weighted by Crippen LogP contribution is 2.05. The number of hydrogen-bond acceptors (Lipinski definition) is 8. The highest BCUT2D eigenvalue weighted by molar-refractivity contribution is 7.98. The van der Waals surface area contributed by atoms with Crippen LogP contribution in [0.15, 0.2) is 0 Å². The number of thioether (sulfide) groups is 1. The van der Waals surface area contributed by atoms with E-state index in [9.17, 15) is 24.3 Å². The topological polar surface area (TPSA) is 171 Å². The van der Waals surface area contributed by atoms with Crippen molar-refractivity contribution < 1.29 is 29.4 Å². The third-order valence-corrected chi connectivity index (χ3v) is 4.84. The summed E-state index contributed by atoms with van der Waals surface area (Å²) in [6.07, 6.45) is 2.33. The Balaban J connectivity index is 5.02. The highest BCUT2D eigenvalue weighted by atomic mass is 32.2. The van der Waals surface area contributed by atoms with Crippen LogP contribution in [0.1, 0.15) is 20.3 Å². The highest BCUT2D eigenvalue weighted by Gasteiger charge is 2.31. The van der Waals surface area contributed by atoms with Gasteiger partial charge in [0, 0.05) is 5.75 Å². The van der Waals surface area contributed by atoms with Gasteiger partial charge in [-0.3, -0.25) is 14.4 Å². The van der Waals surface area contributed by atoms with Gasteiger partial charge >= 0.3 is 5.97 Å². The Morgan fingerprint density at radius 2 is 1.61 bits per heavy atom. The van der Waals surface area contributed by atoms with Gasteiger partial charge in [-0.1, -0.05) is 13.8 Å². The summed E-state index contributed by atoms with van der Waals surface area (Å²) in [6, 6.07) is -4.39. The fourth-order valence-electron chi connectivity index (χ4n) is 2.08. The quantitative estimate of drug-likeness (QED) is 0.165. The Labute approximate surface area is 174 Å². The average molecular weight is 439 g/mol. The van der Waals surface area contributed by atoms with E-state index in [0.29, 0.717) is 12.2 Å². The van der Waals surface area contributed by atoms with Gasteiger partial charge < -0.3 is 31.9 Å². The lowest BCUT2D eigenvalue weighted by molar-refractivity contribution is -0.142. The second kappa shape index (κ2) is 13.6. The van der Waals surface area contributed by atoms with Crippen LogP contribution in [0.4, 0.5) is 0 Å². The van der Waals surface area contributed by atoms with Crippen molar-refractivity contribution in [1.82, 2.24) is 16.0 Å². The second-order valence-corrected chi connectivity index (χ2v) is 7.79. The fourth-order valence-corrected chi connectivity index (χ4v) is 2.82. The number of rotatable bonds is 13. The second-order valence-electron chi connectivity index (χ2n) is 6.44. The minimum Gasteiger partial charge on any atom is -0.480 e. The summed E-state index contributed by atoms with van der Waals surface area (Å²) in [6.45, 7) is 2.66. The molecule has 0 rings (SSSR count). The van der Waals surface area contributed by atoms with E-state index < -0.39 is 54.5 Å². The molecule has 10 nitrogen and oxygen atoms in total. The van der Waals surface area contributed by atoms with Crippen molar-refractivity contribution in [2.45, 2.75) is 44.4 Å². The number of nitrogens with one attached hydrogen (secondary N) is 3. The number of aliphatic hydroxyl groups excluding tert-OH is 1. The maximum Gasteiger partial charge on any atom is 0.327 e. The van der Waals surface area contributed by atoms with Crippen molar-refractivity contribution in [3.05, 3.63) is 0 Å². The minimum atomic E-state index is -1.38. The first-order chi connectivity index (χ1) is 13.1. The van der Waals surface area contributed by atoms with Crippen molar-refractivity contribution in [1.29, 1.82) is 0 Å². The molecular weight excluding hydrogens is 408 g/mol. The number of aliphatic carboxylic acids is 1. The number of carboxylic acid groups (broad SMARTS) is 1. The average Bonchev–Trinajstić information content (AvgIpc) is 2.64. The van der Waals surface area contributed by atoms with E-state index in [-0.39, 0.29) is 11.7 Å². The molecule has 162 valence electrons. The van der Waals surface area contributed by atoms with Crippen LogP contribution in [0.5, 0.6) is 0 Å². The Morgan fingerprint density at radius 1 is 1.04 bits per heavy atom. The van der Waals surface area contributed by atoms with E-state index >= 15 is 0 Å². The Kier molecular flexibility index (Phi) is 12.9. The van der Waals surface area contributed by atoms with Gasteiger partial charge in [-0.15, -0.1) is 0 Å². The summed E-state index contributed by atoms with van der Waals surface area (Å²) in [5.74, 6) is -3.13. The van der Waals surface area contributed by atoms with Crippen molar-refractivity contribution in [2.75, 3.05) is 24.4 Å². The number of aliphatic hydroxyl groups is 1. The summed E-state index contributed by atoms with van der Waals surface area (Å²) in [5.41, 5.74) is 5.80. The zero-order chi connectivity index (χ0) is 21.9. The largest absolute Gasteiger partial charge is 0.480 e. The molecule has 28 heavy (non-hydrogen) atoms. The summed E-state index contributed by atoms with van der Waals surface area (Å²) in [4.78, 5) is 47.8. The number of nitrogens with two attached hydrogens (primary N) is 1. The summed E-state index contributed by atoms with van der Waals surface area (Å²) < 4.78 is 0. The SMILES string of the molecule is CSCCC(N)C(=O)NC(C(=O)NC(CO)C(=O)NC(CS)C(=O)O)C(C)C. The molecule has 12 heteroatoms. The fraction of sp³-hybridized carbons (Fsp3) is 0.750. The van der Waals surface area contributed by atoms with Crippen LogP contribution in [-0.2, 0) is 19.2 Å². The molecule has 0 aromatic carbocycles. The molecule has 0 saturated heterocycles. The van der Waals surface area contributed by atoms with Crippen molar-refractivity contribution in [2.24, 2.45) is 11.7 Å². The molecule has 0 radical (unpaired) electrons. The third kappa shape index (κ3) is 9.13. The van der Waals surface area contributed by atoms with E-state index in [1.165, 1.54) is 0 Å². The number of carboxylic acids is 1. The molecule has 0 spiro atoms. The lowest BCUT2D eigenvalue weighted by atomic mass is 10.0. The van der Waals surface area contributed by atoms with Crippen molar-refractivity contribution in [3.8, 4) is 0 Å². The molecule has 0 bridgehead atoms. The standard InChI is InChI=1S/C16H30N4O6S2/c1-8(2)12(20-13(22)9(17)4-5-28-3)15(24)18-10(6-21)14(23)19-11(7-27)16(25)26/h8-12,21,27H,4-7,17H2,1-3H3,(H,18,24)(H,19,23)(H,20,22)(H,25,26).